The van der Waals surface area contributed by atoms with Crippen molar-refractivity contribution in [2.75, 3.05) is 13.1 Å². The van der Waals surface area contributed by atoms with Crippen LogP contribution in [0.4, 0.5) is 13.2 Å². The monoisotopic (exact) mass is 326 g/mol. The van der Waals surface area contributed by atoms with E-state index in [-0.39, 0.29) is 19.0 Å². The van der Waals surface area contributed by atoms with Crippen molar-refractivity contribution in [3.8, 4) is 5.69 Å². The molecule has 1 aliphatic rings. The Morgan fingerprint density at radius 2 is 1.96 bits per heavy atom. The number of nitrogens with zero attached hydrogens (tertiary/aromatic N) is 4. The summed E-state index contributed by atoms with van der Waals surface area (Å²) in [5.74, 6) is 0. The largest absolute Gasteiger partial charge is 0.418 e. The molecule has 3 rings (SSSR count). The Balaban J connectivity index is 1.75. The molecule has 5 nitrogen and oxygen atoms in total. The molecule has 0 bridgehead atoms. The molecule has 1 aromatic heterocycles. The van der Waals surface area contributed by atoms with Crippen LogP contribution in [0.3, 0.4) is 0 Å². The maximum absolute atomic E-state index is 12.9. The summed E-state index contributed by atoms with van der Waals surface area (Å²) in [7, 11) is 0. The van der Waals surface area contributed by atoms with Gasteiger partial charge in [0.15, 0.2) is 5.60 Å². The molecule has 0 unspecified atom stereocenters. The average molecular weight is 326 g/mol. The Hall–Kier alpha value is -1.93. The predicted molar refractivity (Wildman–Crippen MR) is 77.0 cm³/mol. The molecule has 8 heteroatoms. The van der Waals surface area contributed by atoms with Gasteiger partial charge >= 0.3 is 6.18 Å². The second-order valence-electron chi connectivity index (χ2n) is 5.85. The van der Waals surface area contributed by atoms with Gasteiger partial charge in [-0.25, -0.2) is 4.68 Å². The van der Waals surface area contributed by atoms with Crippen molar-refractivity contribution in [1.82, 2.24) is 19.9 Å². The van der Waals surface area contributed by atoms with Gasteiger partial charge in [-0.3, -0.25) is 4.90 Å². The van der Waals surface area contributed by atoms with Crippen LogP contribution in [-0.2, 0) is 0 Å². The molecule has 124 valence electrons. The summed E-state index contributed by atoms with van der Waals surface area (Å²) in [5, 5.41) is 17.8. The van der Waals surface area contributed by atoms with Crippen LogP contribution in [0.1, 0.15) is 25.1 Å². The van der Waals surface area contributed by atoms with Crippen LogP contribution >= 0.6 is 0 Å². The number of likely N-dealkylation sites (tertiary alicyclic amines) is 1. The molecule has 0 radical (unpaired) electrons. The molecule has 0 saturated carbocycles. The molecule has 2 heterocycles. The maximum atomic E-state index is 12.9. The fourth-order valence-electron chi connectivity index (χ4n) is 2.75. The molecule has 1 fully saturated rings. The molecule has 23 heavy (non-hydrogen) atoms. The molecule has 1 N–H and O–H groups in total. The molecule has 1 aliphatic heterocycles. The van der Waals surface area contributed by atoms with E-state index in [1.54, 1.807) is 22.7 Å². The highest BCUT2D eigenvalue weighted by Gasteiger charge is 2.57. The molecule has 1 aromatic carbocycles. The van der Waals surface area contributed by atoms with E-state index in [0.717, 1.165) is 5.69 Å². The number of para-hydroxylation sites is 1. The number of alkyl halides is 3. The quantitative estimate of drug-likeness (QED) is 0.940. The topological polar surface area (TPSA) is 54.2 Å². The Labute approximate surface area is 131 Å². The SMILES string of the molecule is C[C@H](c1cn(-c2ccccc2)nn1)N1CC[C@@](O)(C(F)(F)F)C1. The van der Waals surface area contributed by atoms with Crippen molar-refractivity contribution in [2.24, 2.45) is 0 Å². The van der Waals surface area contributed by atoms with Gasteiger partial charge in [-0.2, -0.15) is 13.2 Å². The first kappa shape index (κ1) is 15.9. The Kier molecular flexibility index (Phi) is 3.89. The standard InChI is InChI=1S/C15H17F3N4O/c1-11(21-8-7-14(23,10-21)15(16,17)18)13-9-22(20-19-13)12-5-3-2-4-6-12/h2-6,9,11,23H,7-8,10H2,1H3/t11-,14+/m1/s1. The molecule has 2 aromatic rings. The van der Waals surface area contributed by atoms with Crippen LogP contribution < -0.4 is 0 Å². The minimum Gasteiger partial charge on any atom is -0.379 e. The Morgan fingerprint density at radius 3 is 2.57 bits per heavy atom. The van der Waals surface area contributed by atoms with Crippen molar-refractivity contribution in [3.63, 3.8) is 0 Å². The predicted octanol–water partition coefficient (Wildman–Crippen LogP) is 2.33. The lowest BCUT2D eigenvalue weighted by Gasteiger charge is -2.27. The van der Waals surface area contributed by atoms with Crippen molar-refractivity contribution >= 4 is 0 Å². The summed E-state index contributed by atoms with van der Waals surface area (Å²) in [6.07, 6.45) is -3.25. The number of aromatic nitrogens is 3. The van der Waals surface area contributed by atoms with Crippen LogP contribution in [-0.4, -0.2) is 49.9 Å². The van der Waals surface area contributed by atoms with Crippen molar-refractivity contribution < 1.29 is 18.3 Å². The lowest BCUT2D eigenvalue weighted by atomic mass is 10.0. The lowest BCUT2D eigenvalue weighted by molar-refractivity contribution is -0.254. The van der Waals surface area contributed by atoms with Gasteiger partial charge in [0.25, 0.3) is 0 Å². The van der Waals surface area contributed by atoms with E-state index in [2.05, 4.69) is 10.3 Å². The fraction of sp³-hybridized carbons (Fsp3) is 0.467. The minimum absolute atomic E-state index is 0.162. The molecule has 0 aliphatic carbocycles. The third-order valence-electron chi connectivity index (χ3n) is 4.31. The highest BCUT2D eigenvalue weighted by molar-refractivity contribution is 5.30. The Bertz CT molecular complexity index is 673. The van der Waals surface area contributed by atoms with Crippen molar-refractivity contribution in [2.45, 2.75) is 31.2 Å². The van der Waals surface area contributed by atoms with E-state index in [1.165, 1.54) is 0 Å². The third-order valence-corrected chi connectivity index (χ3v) is 4.31. The summed E-state index contributed by atoms with van der Waals surface area (Å²) < 4.78 is 40.3. The van der Waals surface area contributed by atoms with E-state index in [1.807, 2.05) is 30.3 Å². The van der Waals surface area contributed by atoms with Gasteiger partial charge in [-0.1, -0.05) is 23.4 Å². The number of benzene rings is 1. The second-order valence-corrected chi connectivity index (χ2v) is 5.85. The minimum atomic E-state index is -4.62. The number of halogens is 3. The number of rotatable bonds is 3. The van der Waals surface area contributed by atoms with Crippen LogP contribution in [0.2, 0.25) is 0 Å². The van der Waals surface area contributed by atoms with Gasteiger partial charge in [0.1, 0.15) is 0 Å². The van der Waals surface area contributed by atoms with E-state index in [0.29, 0.717) is 5.69 Å². The first-order valence-corrected chi connectivity index (χ1v) is 7.31. The van der Waals surface area contributed by atoms with E-state index >= 15 is 0 Å². The van der Waals surface area contributed by atoms with Gasteiger partial charge in [0.2, 0.25) is 0 Å². The molecule has 1 saturated heterocycles. The summed E-state index contributed by atoms with van der Waals surface area (Å²) >= 11 is 0. The maximum Gasteiger partial charge on any atom is 0.418 e. The second kappa shape index (κ2) is 5.61. The number of β-amino-alcohol motifs (C(OH)–C–C–N with tert-alkyl or cyclic N) is 1. The zero-order valence-corrected chi connectivity index (χ0v) is 12.5. The molecular formula is C15H17F3N4O. The van der Waals surface area contributed by atoms with Gasteiger partial charge in [-0.15, -0.1) is 5.10 Å². The van der Waals surface area contributed by atoms with Crippen LogP contribution in [0.5, 0.6) is 0 Å². The lowest BCUT2D eigenvalue weighted by Crippen LogP contribution is -2.47. The fourth-order valence-corrected chi connectivity index (χ4v) is 2.75. The van der Waals surface area contributed by atoms with E-state index in [9.17, 15) is 18.3 Å². The highest BCUT2D eigenvalue weighted by atomic mass is 19.4. The van der Waals surface area contributed by atoms with Crippen LogP contribution in [0, 0.1) is 0 Å². The zero-order valence-electron chi connectivity index (χ0n) is 12.5. The Morgan fingerprint density at radius 1 is 1.26 bits per heavy atom. The number of hydrogen-bond donors (Lipinski definition) is 1. The smallest absolute Gasteiger partial charge is 0.379 e. The van der Waals surface area contributed by atoms with Crippen molar-refractivity contribution in [3.05, 3.63) is 42.2 Å². The van der Waals surface area contributed by atoms with E-state index < -0.39 is 18.3 Å². The van der Waals surface area contributed by atoms with Gasteiger partial charge in [0, 0.05) is 13.1 Å². The van der Waals surface area contributed by atoms with Gasteiger partial charge in [-0.05, 0) is 25.5 Å². The molecule has 0 spiro atoms. The molecule has 2 atom stereocenters. The zero-order chi connectivity index (χ0) is 16.7. The first-order chi connectivity index (χ1) is 10.8. The van der Waals surface area contributed by atoms with Gasteiger partial charge in [0.05, 0.1) is 23.6 Å². The summed E-state index contributed by atoms with van der Waals surface area (Å²) in [5.41, 5.74) is -1.25. The normalized spacial score (nSPS) is 24.0. The van der Waals surface area contributed by atoms with Gasteiger partial charge < -0.3 is 5.11 Å². The first-order valence-electron chi connectivity index (χ1n) is 7.31. The van der Waals surface area contributed by atoms with Crippen molar-refractivity contribution in [1.29, 1.82) is 0 Å². The third kappa shape index (κ3) is 2.96. The number of hydrogen-bond acceptors (Lipinski definition) is 4. The number of aliphatic hydroxyl groups is 1. The molecule has 0 amide bonds. The average Bonchev–Trinajstić information content (AvgIpc) is 3.14. The summed E-state index contributed by atoms with van der Waals surface area (Å²) in [6, 6.07) is 8.98. The summed E-state index contributed by atoms with van der Waals surface area (Å²) in [6.45, 7) is 1.48. The molecular weight excluding hydrogens is 309 g/mol. The van der Waals surface area contributed by atoms with Crippen LogP contribution in [0.15, 0.2) is 36.5 Å². The highest BCUT2D eigenvalue weighted by Crippen LogP contribution is 2.40. The van der Waals surface area contributed by atoms with Crippen LogP contribution in [0.25, 0.3) is 5.69 Å². The summed E-state index contributed by atoms with van der Waals surface area (Å²) in [4.78, 5) is 1.58. The van der Waals surface area contributed by atoms with E-state index in [4.69, 9.17) is 0 Å².